The van der Waals surface area contributed by atoms with Crippen LogP contribution in [0.5, 0.6) is 0 Å². The summed E-state index contributed by atoms with van der Waals surface area (Å²) in [6, 6.07) is 81.2. The molecule has 12 aromatic rings. The minimum absolute atomic E-state index is 0.234. The first kappa shape index (κ1) is 38.9. The summed E-state index contributed by atoms with van der Waals surface area (Å²) in [4.78, 5) is 15.0. The first-order valence-electron chi connectivity index (χ1n) is 23.1. The molecule has 0 N–H and O–H groups in total. The molecule has 0 spiro atoms. The smallest absolute Gasteiger partial charge is 0.164 e. The molecule has 3 nitrogen and oxygen atoms in total. The summed E-state index contributed by atoms with van der Waals surface area (Å²) < 4.78 is 0. The van der Waals surface area contributed by atoms with Crippen LogP contribution in [-0.2, 0) is 5.41 Å². The minimum atomic E-state index is -0.234. The molecule has 1 aliphatic rings. The predicted octanol–water partition coefficient (Wildman–Crippen LogP) is 16.7. The van der Waals surface area contributed by atoms with Crippen LogP contribution in [0.2, 0.25) is 0 Å². The Bertz CT molecular complexity index is 3780. The van der Waals surface area contributed by atoms with Crippen LogP contribution in [0.4, 0.5) is 0 Å². The minimum Gasteiger partial charge on any atom is -0.208 e. The fourth-order valence-corrected chi connectivity index (χ4v) is 10.6. The lowest BCUT2D eigenvalue weighted by Crippen LogP contribution is -2.15. The first-order chi connectivity index (χ1) is 32.9. The van der Waals surface area contributed by atoms with Crippen LogP contribution in [0.3, 0.4) is 0 Å². The standard InChI is InChI=1S/C64H43N3/c1-64(2)57-38-51(31-34-54(57)55-35-32-52(39-58(55)64)63-66-61(47-11-5-3-6-12-47)65-62(67-63)48-13-7-4-8-14-48)50-18-10-17-49(37-50)42-21-19-40(20-22-42)41-23-25-43(26-24-41)53-33-29-46-28-27-44-15-9-16-45-30-36-56(53)60(46)59(44)45/h3-39H,1-2H3. The van der Waals surface area contributed by atoms with Crippen LogP contribution >= 0.6 is 0 Å². The third-order valence-electron chi connectivity index (χ3n) is 14.1. The molecule has 1 aromatic heterocycles. The van der Waals surface area contributed by atoms with Gasteiger partial charge in [0.05, 0.1) is 0 Å². The monoisotopic (exact) mass is 853 g/mol. The Balaban J connectivity index is 0.773. The number of benzene rings is 11. The van der Waals surface area contributed by atoms with Crippen molar-refractivity contribution in [2.75, 3.05) is 0 Å². The Morgan fingerprint density at radius 1 is 0.269 bits per heavy atom. The van der Waals surface area contributed by atoms with E-state index in [1.807, 2.05) is 36.4 Å². The molecule has 1 heterocycles. The van der Waals surface area contributed by atoms with E-state index in [4.69, 9.17) is 15.0 Å². The quantitative estimate of drug-likeness (QED) is 0.150. The molecular formula is C64H43N3. The first-order valence-corrected chi connectivity index (χ1v) is 23.1. The largest absolute Gasteiger partial charge is 0.208 e. The normalized spacial score (nSPS) is 12.7. The maximum absolute atomic E-state index is 5.04. The Kier molecular flexibility index (Phi) is 8.88. The van der Waals surface area contributed by atoms with Crippen molar-refractivity contribution in [3.63, 3.8) is 0 Å². The number of rotatable bonds is 7. The average molecular weight is 854 g/mol. The third-order valence-corrected chi connectivity index (χ3v) is 14.1. The second-order valence-corrected chi connectivity index (χ2v) is 18.4. The highest BCUT2D eigenvalue weighted by molar-refractivity contribution is 6.25. The van der Waals surface area contributed by atoms with Gasteiger partial charge in [0.2, 0.25) is 0 Å². The zero-order valence-corrected chi connectivity index (χ0v) is 37.2. The Morgan fingerprint density at radius 2 is 0.657 bits per heavy atom. The highest BCUT2D eigenvalue weighted by atomic mass is 15.0. The lowest BCUT2D eigenvalue weighted by Gasteiger charge is -2.22. The van der Waals surface area contributed by atoms with E-state index >= 15 is 0 Å². The van der Waals surface area contributed by atoms with Gasteiger partial charge in [-0.2, -0.15) is 0 Å². The molecular weight excluding hydrogens is 811 g/mol. The second kappa shape index (κ2) is 15.3. The van der Waals surface area contributed by atoms with Crippen molar-refractivity contribution in [2.24, 2.45) is 0 Å². The van der Waals surface area contributed by atoms with E-state index in [1.54, 1.807) is 0 Å². The fraction of sp³-hybridized carbons (Fsp3) is 0.0469. The topological polar surface area (TPSA) is 38.7 Å². The van der Waals surface area contributed by atoms with Crippen molar-refractivity contribution < 1.29 is 0 Å². The van der Waals surface area contributed by atoms with Crippen molar-refractivity contribution >= 4 is 32.3 Å². The summed E-state index contributed by atoms with van der Waals surface area (Å²) in [6.45, 7) is 4.67. The number of hydrogen-bond donors (Lipinski definition) is 0. The molecule has 0 radical (unpaired) electrons. The Hall–Kier alpha value is -8.53. The van der Waals surface area contributed by atoms with Gasteiger partial charge in [-0.15, -0.1) is 0 Å². The van der Waals surface area contributed by atoms with Gasteiger partial charge in [0.15, 0.2) is 17.5 Å². The molecule has 0 aliphatic heterocycles. The van der Waals surface area contributed by atoms with Gasteiger partial charge in [0, 0.05) is 22.1 Å². The average Bonchev–Trinajstić information content (AvgIpc) is 3.62. The Morgan fingerprint density at radius 3 is 1.25 bits per heavy atom. The van der Waals surface area contributed by atoms with Crippen LogP contribution in [0, 0.1) is 0 Å². The molecule has 0 unspecified atom stereocenters. The summed E-state index contributed by atoms with van der Waals surface area (Å²) in [6.07, 6.45) is 0. The fourth-order valence-electron chi connectivity index (χ4n) is 10.6. The van der Waals surface area contributed by atoms with E-state index in [0.29, 0.717) is 17.5 Å². The van der Waals surface area contributed by atoms with Gasteiger partial charge in [0.25, 0.3) is 0 Å². The molecule has 13 rings (SSSR count). The lowest BCUT2D eigenvalue weighted by atomic mass is 9.81. The molecule has 0 atom stereocenters. The summed E-state index contributed by atoms with van der Waals surface area (Å²) in [7, 11) is 0. The van der Waals surface area contributed by atoms with E-state index < -0.39 is 0 Å². The van der Waals surface area contributed by atoms with Crippen LogP contribution in [-0.4, -0.2) is 15.0 Å². The molecule has 0 saturated heterocycles. The maximum Gasteiger partial charge on any atom is 0.164 e. The van der Waals surface area contributed by atoms with Crippen LogP contribution in [0.15, 0.2) is 224 Å². The Labute approximate surface area is 390 Å². The molecule has 3 heteroatoms. The lowest BCUT2D eigenvalue weighted by molar-refractivity contribution is 0.661. The van der Waals surface area contributed by atoms with Gasteiger partial charge < -0.3 is 0 Å². The van der Waals surface area contributed by atoms with E-state index in [2.05, 4.69) is 202 Å². The van der Waals surface area contributed by atoms with Crippen molar-refractivity contribution in [3.05, 3.63) is 236 Å². The zero-order chi connectivity index (χ0) is 44.6. The number of nitrogens with zero attached hydrogens (tertiary/aromatic N) is 3. The van der Waals surface area contributed by atoms with Gasteiger partial charge in [-0.05, 0) is 117 Å². The van der Waals surface area contributed by atoms with Gasteiger partial charge in [-0.25, -0.2) is 15.0 Å². The molecule has 67 heavy (non-hydrogen) atoms. The van der Waals surface area contributed by atoms with E-state index in [-0.39, 0.29) is 5.41 Å². The highest BCUT2D eigenvalue weighted by Crippen LogP contribution is 2.51. The summed E-state index contributed by atoms with van der Waals surface area (Å²) in [5, 5.41) is 7.88. The molecule has 11 aromatic carbocycles. The van der Waals surface area contributed by atoms with Crippen molar-refractivity contribution in [3.8, 4) is 89.8 Å². The van der Waals surface area contributed by atoms with E-state index in [9.17, 15) is 0 Å². The summed E-state index contributed by atoms with van der Waals surface area (Å²) in [5.74, 6) is 2.00. The van der Waals surface area contributed by atoms with E-state index in [0.717, 1.165) is 16.7 Å². The molecule has 0 amide bonds. The SMILES string of the molecule is CC1(C)c2cc(-c3cccc(-c4ccc(-c5ccc(-c6ccc7ccc8cccc9ccc6c7c89)cc5)cc4)c3)ccc2-c2ccc(-c3nc(-c4ccccc4)nc(-c4ccccc4)n3)cc21. The van der Waals surface area contributed by atoms with Crippen LogP contribution in [0.1, 0.15) is 25.0 Å². The van der Waals surface area contributed by atoms with Gasteiger partial charge in [-0.3, -0.25) is 0 Å². The summed E-state index contributed by atoms with van der Waals surface area (Å²) >= 11 is 0. The predicted molar refractivity (Wildman–Crippen MR) is 279 cm³/mol. The molecule has 0 saturated carbocycles. The highest BCUT2D eigenvalue weighted by Gasteiger charge is 2.36. The van der Waals surface area contributed by atoms with Crippen molar-refractivity contribution in [2.45, 2.75) is 19.3 Å². The third kappa shape index (κ3) is 6.54. The van der Waals surface area contributed by atoms with Crippen molar-refractivity contribution in [1.82, 2.24) is 15.0 Å². The maximum atomic E-state index is 5.04. The molecule has 314 valence electrons. The van der Waals surface area contributed by atoms with Gasteiger partial charge in [0.1, 0.15) is 0 Å². The van der Waals surface area contributed by atoms with Crippen molar-refractivity contribution in [1.29, 1.82) is 0 Å². The van der Waals surface area contributed by atoms with E-state index in [1.165, 1.54) is 99.1 Å². The van der Waals surface area contributed by atoms with Gasteiger partial charge >= 0.3 is 0 Å². The molecule has 1 aliphatic carbocycles. The van der Waals surface area contributed by atoms with Gasteiger partial charge in [-0.1, -0.05) is 220 Å². The number of fused-ring (bicyclic) bond motifs is 3. The molecule has 0 bridgehead atoms. The summed E-state index contributed by atoms with van der Waals surface area (Å²) in [5.41, 5.74) is 17.5. The second-order valence-electron chi connectivity index (χ2n) is 18.4. The number of aromatic nitrogens is 3. The number of hydrogen-bond acceptors (Lipinski definition) is 3. The molecule has 0 fully saturated rings. The van der Waals surface area contributed by atoms with Crippen LogP contribution in [0.25, 0.3) is 122 Å². The zero-order valence-electron chi connectivity index (χ0n) is 37.2. The van der Waals surface area contributed by atoms with Crippen LogP contribution < -0.4 is 0 Å².